The molecule has 7 heteroatoms. The van der Waals surface area contributed by atoms with Crippen molar-refractivity contribution >= 4 is 23.5 Å². The Labute approximate surface area is 188 Å². The number of hydrogen-bond donors (Lipinski definition) is 0. The van der Waals surface area contributed by atoms with E-state index in [2.05, 4.69) is 23.7 Å². The highest BCUT2D eigenvalue weighted by atomic mass is 35.5. The van der Waals surface area contributed by atoms with E-state index < -0.39 is 5.54 Å². The van der Waals surface area contributed by atoms with E-state index in [1.54, 1.807) is 6.20 Å². The van der Waals surface area contributed by atoms with Gasteiger partial charge in [0.2, 0.25) is 0 Å². The van der Waals surface area contributed by atoms with Gasteiger partial charge in [0, 0.05) is 37.4 Å². The number of likely N-dealkylation sites (tertiary alicyclic amines) is 1. The van der Waals surface area contributed by atoms with Gasteiger partial charge in [-0.25, -0.2) is 4.79 Å². The van der Waals surface area contributed by atoms with Gasteiger partial charge in [-0.05, 0) is 48.6 Å². The van der Waals surface area contributed by atoms with Crippen LogP contribution >= 0.6 is 11.6 Å². The van der Waals surface area contributed by atoms with E-state index in [0.717, 1.165) is 30.4 Å². The lowest BCUT2D eigenvalue weighted by atomic mass is 9.85. The summed E-state index contributed by atoms with van der Waals surface area (Å²) in [7, 11) is 0. The highest BCUT2D eigenvalue weighted by Crippen LogP contribution is 2.38. The van der Waals surface area contributed by atoms with Crippen molar-refractivity contribution in [1.29, 1.82) is 0 Å². The Hall–Kier alpha value is -2.44. The minimum absolute atomic E-state index is 0.0741. The fourth-order valence-corrected chi connectivity index (χ4v) is 4.73. The number of pyridine rings is 1. The molecule has 2 aliphatic rings. The zero-order valence-electron chi connectivity index (χ0n) is 18.1. The number of benzene rings is 1. The minimum atomic E-state index is -0.743. The molecule has 1 aromatic heterocycles. The number of carbonyl (C=O) groups excluding carboxylic acids is 2. The monoisotopic (exact) mass is 440 g/mol. The van der Waals surface area contributed by atoms with Crippen molar-refractivity contribution in [1.82, 2.24) is 19.7 Å². The van der Waals surface area contributed by atoms with Crippen LogP contribution in [0.3, 0.4) is 0 Å². The number of hydrogen-bond acceptors (Lipinski definition) is 4. The molecular formula is C24H29ClN4O2. The first-order chi connectivity index (χ1) is 14.9. The van der Waals surface area contributed by atoms with Crippen LogP contribution in [0.1, 0.15) is 37.9 Å². The SMILES string of the molecule is CC(C)CN1C(=O)N(Cc2ccccn2)C(=O)C12CCN(Cc1ccc(Cl)cc1)CC2. The van der Waals surface area contributed by atoms with Crippen molar-refractivity contribution in [2.45, 2.75) is 45.3 Å². The molecular weight excluding hydrogens is 412 g/mol. The Morgan fingerprint density at radius 2 is 1.74 bits per heavy atom. The van der Waals surface area contributed by atoms with Gasteiger partial charge < -0.3 is 4.90 Å². The lowest BCUT2D eigenvalue weighted by molar-refractivity contribution is -0.136. The summed E-state index contributed by atoms with van der Waals surface area (Å²) in [6, 6.07) is 13.3. The average Bonchev–Trinajstić information content (AvgIpc) is 2.94. The van der Waals surface area contributed by atoms with Crippen LogP contribution in [0.5, 0.6) is 0 Å². The molecule has 2 saturated heterocycles. The molecule has 1 aromatic carbocycles. The lowest BCUT2D eigenvalue weighted by Crippen LogP contribution is -2.57. The number of urea groups is 1. The number of carbonyl (C=O) groups is 2. The topological polar surface area (TPSA) is 56.8 Å². The summed E-state index contributed by atoms with van der Waals surface area (Å²) in [6.45, 7) is 7.34. The molecule has 3 heterocycles. The van der Waals surface area contributed by atoms with Gasteiger partial charge in [0.25, 0.3) is 5.91 Å². The fourth-order valence-electron chi connectivity index (χ4n) is 4.61. The van der Waals surface area contributed by atoms with E-state index in [-0.39, 0.29) is 24.4 Å². The molecule has 2 aliphatic heterocycles. The van der Waals surface area contributed by atoms with Crippen molar-refractivity contribution < 1.29 is 9.59 Å². The highest BCUT2D eigenvalue weighted by Gasteiger charge is 2.57. The van der Waals surface area contributed by atoms with Crippen LogP contribution < -0.4 is 0 Å². The van der Waals surface area contributed by atoms with Crippen LogP contribution in [0.2, 0.25) is 5.02 Å². The Bertz CT molecular complexity index is 924. The molecule has 0 aliphatic carbocycles. The fraction of sp³-hybridized carbons (Fsp3) is 0.458. The number of amides is 3. The van der Waals surface area contributed by atoms with Crippen molar-refractivity contribution in [3.63, 3.8) is 0 Å². The smallest absolute Gasteiger partial charge is 0.309 e. The van der Waals surface area contributed by atoms with Gasteiger partial charge in [-0.15, -0.1) is 0 Å². The van der Waals surface area contributed by atoms with Gasteiger partial charge in [-0.1, -0.05) is 43.6 Å². The van der Waals surface area contributed by atoms with Crippen LogP contribution in [-0.4, -0.2) is 56.8 Å². The molecule has 0 N–H and O–H groups in total. The normalized spacial score (nSPS) is 19.1. The summed E-state index contributed by atoms with van der Waals surface area (Å²) in [5.74, 6) is 0.213. The number of imide groups is 1. The first kappa shape index (κ1) is 21.8. The Kier molecular flexibility index (Phi) is 6.30. The van der Waals surface area contributed by atoms with Gasteiger partial charge in [0.1, 0.15) is 5.54 Å². The van der Waals surface area contributed by atoms with E-state index in [0.29, 0.717) is 19.4 Å². The maximum absolute atomic E-state index is 13.6. The van der Waals surface area contributed by atoms with Crippen LogP contribution in [0.25, 0.3) is 0 Å². The van der Waals surface area contributed by atoms with E-state index in [1.165, 1.54) is 10.5 Å². The van der Waals surface area contributed by atoms with E-state index in [1.807, 2.05) is 47.4 Å². The van der Waals surface area contributed by atoms with Crippen LogP contribution in [-0.2, 0) is 17.9 Å². The first-order valence-corrected chi connectivity index (χ1v) is 11.3. The third-order valence-electron chi connectivity index (χ3n) is 6.22. The number of piperidine rings is 1. The minimum Gasteiger partial charge on any atom is -0.309 e. The summed E-state index contributed by atoms with van der Waals surface area (Å²) >= 11 is 6.00. The van der Waals surface area contributed by atoms with Crippen LogP contribution in [0.4, 0.5) is 4.79 Å². The lowest BCUT2D eigenvalue weighted by Gasteiger charge is -2.42. The quantitative estimate of drug-likeness (QED) is 0.632. The maximum Gasteiger partial charge on any atom is 0.328 e. The van der Waals surface area contributed by atoms with Gasteiger partial charge >= 0.3 is 6.03 Å². The summed E-state index contributed by atoms with van der Waals surface area (Å²) in [6.07, 6.45) is 2.99. The number of rotatable bonds is 6. The standard InChI is InChI=1S/C24H29ClN4O2/c1-18(2)15-29-23(31)28(17-21-5-3-4-12-26-21)22(30)24(29)10-13-27(14-11-24)16-19-6-8-20(25)9-7-19/h3-9,12,18H,10-11,13-17H2,1-2H3. The summed E-state index contributed by atoms with van der Waals surface area (Å²) in [4.78, 5) is 36.8. The number of halogens is 1. The molecule has 0 radical (unpaired) electrons. The molecule has 3 amide bonds. The predicted molar refractivity (Wildman–Crippen MR) is 120 cm³/mol. The van der Waals surface area contributed by atoms with Crippen molar-refractivity contribution in [2.24, 2.45) is 5.92 Å². The van der Waals surface area contributed by atoms with E-state index in [4.69, 9.17) is 11.6 Å². The highest BCUT2D eigenvalue weighted by molar-refractivity contribution is 6.30. The molecule has 0 atom stereocenters. The zero-order chi connectivity index (χ0) is 22.0. The van der Waals surface area contributed by atoms with Crippen LogP contribution in [0, 0.1) is 5.92 Å². The Morgan fingerprint density at radius 1 is 1.03 bits per heavy atom. The van der Waals surface area contributed by atoms with Crippen molar-refractivity contribution in [3.05, 3.63) is 64.9 Å². The van der Waals surface area contributed by atoms with Gasteiger partial charge in [-0.3, -0.25) is 19.6 Å². The third-order valence-corrected chi connectivity index (χ3v) is 6.47. The van der Waals surface area contributed by atoms with Gasteiger partial charge in [-0.2, -0.15) is 0 Å². The molecule has 164 valence electrons. The Morgan fingerprint density at radius 3 is 2.35 bits per heavy atom. The zero-order valence-corrected chi connectivity index (χ0v) is 18.9. The predicted octanol–water partition coefficient (Wildman–Crippen LogP) is 4.19. The van der Waals surface area contributed by atoms with E-state index in [9.17, 15) is 9.59 Å². The van der Waals surface area contributed by atoms with Crippen molar-refractivity contribution in [2.75, 3.05) is 19.6 Å². The second-order valence-electron chi connectivity index (χ2n) is 8.93. The molecule has 2 fully saturated rings. The van der Waals surface area contributed by atoms with Crippen molar-refractivity contribution in [3.8, 4) is 0 Å². The second-order valence-corrected chi connectivity index (χ2v) is 9.37. The molecule has 4 rings (SSSR count). The molecule has 0 bridgehead atoms. The third kappa shape index (κ3) is 4.46. The second kappa shape index (κ2) is 8.97. The first-order valence-electron chi connectivity index (χ1n) is 10.9. The molecule has 0 saturated carbocycles. The van der Waals surface area contributed by atoms with Gasteiger partial charge in [0.05, 0.1) is 12.2 Å². The molecule has 1 spiro atoms. The molecule has 31 heavy (non-hydrogen) atoms. The summed E-state index contributed by atoms with van der Waals surface area (Å²) < 4.78 is 0. The number of aromatic nitrogens is 1. The average molecular weight is 441 g/mol. The van der Waals surface area contributed by atoms with Gasteiger partial charge in [0.15, 0.2) is 0 Å². The number of nitrogens with zero attached hydrogens (tertiary/aromatic N) is 4. The van der Waals surface area contributed by atoms with E-state index >= 15 is 0 Å². The summed E-state index contributed by atoms with van der Waals surface area (Å²) in [5.41, 5.74) is 1.18. The molecule has 0 unspecified atom stereocenters. The van der Waals surface area contributed by atoms with Crippen LogP contribution in [0.15, 0.2) is 48.7 Å². The maximum atomic E-state index is 13.6. The largest absolute Gasteiger partial charge is 0.328 e. The Balaban J connectivity index is 1.51. The molecule has 2 aromatic rings. The summed E-state index contributed by atoms with van der Waals surface area (Å²) in [5, 5.41) is 0.730. The molecule has 6 nitrogen and oxygen atoms in total.